The molecule has 1 saturated heterocycles. The summed E-state index contributed by atoms with van der Waals surface area (Å²) < 4.78 is 0. The summed E-state index contributed by atoms with van der Waals surface area (Å²) in [5, 5.41) is 14.1. The molecule has 1 N–H and O–H groups in total. The SMILES string of the molecule is CSCC(C)N1C(=O)C(C)NC1c1cccc([N+](=O)[O-])c1. The van der Waals surface area contributed by atoms with Crippen LogP contribution in [0.25, 0.3) is 0 Å². The van der Waals surface area contributed by atoms with Crippen LogP contribution in [0, 0.1) is 10.1 Å². The molecule has 1 heterocycles. The van der Waals surface area contributed by atoms with E-state index >= 15 is 0 Å². The van der Waals surface area contributed by atoms with Gasteiger partial charge < -0.3 is 4.90 Å². The number of nitrogens with one attached hydrogen (secondary N) is 1. The highest BCUT2D eigenvalue weighted by Crippen LogP contribution is 2.30. The van der Waals surface area contributed by atoms with Gasteiger partial charge in [0.25, 0.3) is 5.69 Å². The van der Waals surface area contributed by atoms with Gasteiger partial charge in [0, 0.05) is 23.9 Å². The molecule has 0 aliphatic carbocycles. The molecular formula is C14H19N3O3S. The molecule has 3 atom stereocenters. The van der Waals surface area contributed by atoms with Gasteiger partial charge in [0.05, 0.1) is 11.0 Å². The Bertz CT molecular complexity index is 552. The second kappa shape index (κ2) is 6.44. The number of rotatable bonds is 5. The van der Waals surface area contributed by atoms with Gasteiger partial charge in [-0.05, 0) is 25.7 Å². The molecule has 1 aromatic rings. The number of nitro groups is 1. The monoisotopic (exact) mass is 309 g/mol. The van der Waals surface area contributed by atoms with Crippen molar-refractivity contribution in [3.05, 3.63) is 39.9 Å². The molecule has 0 radical (unpaired) electrons. The van der Waals surface area contributed by atoms with E-state index < -0.39 is 4.92 Å². The van der Waals surface area contributed by atoms with Crippen molar-refractivity contribution in [3.8, 4) is 0 Å². The fourth-order valence-electron chi connectivity index (χ4n) is 2.60. The third kappa shape index (κ3) is 3.19. The highest BCUT2D eigenvalue weighted by Gasteiger charge is 2.39. The zero-order valence-corrected chi connectivity index (χ0v) is 13.1. The van der Waals surface area contributed by atoms with Crippen molar-refractivity contribution < 1.29 is 9.72 Å². The topological polar surface area (TPSA) is 75.5 Å². The van der Waals surface area contributed by atoms with Crippen LogP contribution in [0.2, 0.25) is 0 Å². The van der Waals surface area contributed by atoms with E-state index in [4.69, 9.17) is 0 Å². The molecule has 0 bridgehead atoms. The Morgan fingerprint density at radius 1 is 1.52 bits per heavy atom. The lowest BCUT2D eigenvalue weighted by Gasteiger charge is -2.30. The average molecular weight is 309 g/mol. The molecule has 3 unspecified atom stereocenters. The maximum Gasteiger partial charge on any atom is 0.269 e. The van der Waals surface area contributed by atoms with Crippen LogP contribution in [0.5, 0.6) is 0 Å². The molecule has 0 saturated carbocycles. The lowest BCUT2D eigenvalue weighted by atomic mass is 10.1. The van der Waals surface area contributed by atoms with Crippen molar-refractivity contribution in [1.29, 1.82) is 0 Å². The Balaban J connectivity index is 2.34. The predicted molar refractivity (Wildman–Crippen MR) is 83.1 cm³/mol. The number of non-ortho nitro benzene ring substituents is 1. The number of nitrogens with zero attached hydrogens (tertiary/aromatic N) is 2. The van der Waals surface area contributed by atoms with Crippen LogP contribution in [-0.4, -0.2) is 39.8 Å². The summed E-state index contributed by atoms with van der Waals surface area (Å²) in [6.45, 7) is 3.82. The number of hydrogen-bond donors (Lipinski definition) is 1. The summed E-state index contributed by atoms with van der Waals surface area (Å²) >= 11 is 1.68. The predicted octanol–water partition coefficient (Wildman–Crippen LogP) is 2.17. The van der Waals surface area contributed by atoms with Gasteiger partial charge in [-0.25, -0.2) is 0 Å². The maximum absolute atomic E-state index is 12.3. The molecule has 1 amide bonds. The van der Waals surface area contributed by atoms with Crippen molar-refractivity contribution in [2.24, 2.45) is 0 Å². The summed E-state index contributed by atoms with van der Waals surface area (Å²) in [7, 11) is 0. The maximum atomic E-state index is 12.3. The summed E-state index contributed by atoms with van der Waals surface area (Å²) in [5.41, 5.74) is 0.786. The van der Waals surface area contributed by atoms with Gasteiger partial charge in [-0.2, -0.15) is 11.8 Å². The lowest BCUT2D eigenvalue weighted by Crippen LogP contribution is -2.39. The molecule has 7 heteroatoms. The largest absolute Gasteiger partial charge is 0.318 e. The number of carbonyl (C=O) groups is 1. The van der Waals surface area contributed by atoms with Crippen LogP contribution in [0.15, 0.2) is 24.3 Å². The molecule has 0 aromatic heterocycles. The minimum atomic E-state index is -0.417. The lowest BCUT2D eigenvalue weighted by molar-refractivity contribution is -0.385. The molecule has 2 rings (SSSR count). The third-order valence-electron chi connectivity index (χ3n) is 3.59. The molecule has 1 aliphatic rings. The summed E-state index contributed by atoms with van der Waals surface area (Å²) in [6.07, 6.45) is 1.69. The number of nitro benzene ring substituents is 1. The fourth-order valence-corrected chi connectivity index (χ4v) is 3.24. The highest BCUT2D eigenvalue weighted by molar-refractivity contribution is 7.98. The van der Waals surface area contributed by atoms with E-state index in [-0.39, 0.29) is 29.8 Å². The minimum absolute atomic E-state index is 0.0352. The molecule has 6 nitrogen and oxygen atoms in total. The normalized spacial score (nSPS) is 23.4. The van der Waals surface area contributed by atoms with Crippen LogP contribution in [0.3, 0.4) is 0 Å². The van der Waals surface area contributed by atoms with Crippen LogP contribution in [-0.2, 0) is 4.79 Å². The Morgan fingerprint density at radius 3 is 2.86 bits per heavy atom. The number of carbonyl (C=O) groups excluding carboxylic acids is 1. The minimum Gasteiger partial charge on any atom is -0.318 e. The van der Waals surface area contributed by atoms with E-state index in [9.17, 15) is 14.9 Å². The standard InChI is InChI=1S/C14H19N3O3S/c1-9(8-21-3)16-13(15-10(2)14(16)18)11-5-4-6-12(7-11)17(19)20/h4-7,9-10,13,15H,8H2,1-3H3. The van der Waals surface area contributed by atoms with E-state index in [1.807, 2.05) is 26.2 Å². The smallest absolute Gasteiger partial charge is 0.269 e. The van der Waals surface area contributed by atoms with Crippen LogP contribution in [0.4, 0.5) is 5.69 Å². The van der Waals surface area contributed by atoms with E-state index in [1.54, 1.807) is 22.7 Å². The first-order valence-corrected chi connectivity index (χ1v) is 8.16. The van der Waals surface area contributed by atoms with Crippen molar-refractivity contribution in [3.63, 3.8) is 0 Å². The summed E-state index contributed by atoms with van der Waals surface area (Å²) in [5.74, 6) is 0.860. The Kier molecular flexibility index (Phi) is 4.84. The van der Waals surface area contributed by atoms with Crippen molar-refractivity contribution in [1.82, 2.24) is 10.2 Å². The molecule has 1 aromatic carbocycles. The van der Waals surface area contributed by atoms with Crippen LogP contribution < -0.4 is 5.32 Å². The molecule has 114 valence electrons. The molecule has 1 fully saturated rings. The van der Waals surface area contributed by atoms with Crippen molar-refractivity contribution >= 4 is 23.4 Å². The van der Waals surface area contributed by atoms with E-state index in [0.29, 0.717) is 0 Å². The molecule has 21 heavy (non-hydrogen) atoms. The van der Waals surface area contributed by atoms with E-state index in [1.165, 1.54) is 12.1 Å². The number of hydrogen-bond acceptors (Lipinski definition) is 5. The Labute approximate surface area is 128 Å². The molecule has 1 aliphatic heterocycles. The molecule has 0 spiro atoms. The number of thioether (sulfide) groups is 1. The number of benzene rings is 1. The van der Waals surface area contributed by atoms with Gasteiger partial charge in [-0.1, -0.05) is 12.1 Å². The Morgan fingerprint density at radius 2 is 2.24 bits per heavy atom. The quantitative estimate of drug-likeness (QED) is 0.666. The third-order valence-corrected chi connectivity index (χ3v) is 4.41. The van der Waals surface area contributed by atoms with Crippen molar-refractivity contribution in [2.45, 2.75) is 32.1 Å². The molecular weight excluding hydrogens is 290 g/mol. The van der Waals surface area contributed by atoms with E-state index in [0.717, 1.165) is 11.3 Å². The van der Waals surface area contributed by atoms with Crippen LogP contribution >= 0.6 is 11.8 Å². The Hall–Kier alpha value is -1.60. The zero-order valence-electron chi connectivity index (χ0n) is 12.3. The highest BCUT2D eigenvalue weighted by atomic mass is 32.2. The second-order valence-electron chi connectivity index (χ2n) is 5.19. The average Bonchev–Trinajstić information content (AvgIpc) is 2.75. The second-order valence-corrected chi connectivity index (χ2v) is 6.10. The van der Waals surface area contributed by atoms with Crippen molar-refractivity contribution in [2.75, 3.05) is 12.0 Å². The van der Waals surface area contributed by atoms with Gasteiger partial charge in [0.2, 0.25) is 5.91 Å². The van der Waals surface area contributed by atoms with E-state index in [2.05, 4.69) is 5.32 Å². The first-order chi connectivity index (χ1) is 9.95. The summed E-state index contributed by atoms with van der Waals surface area (Å²) in [6, 6.07) is 6.24. The van der Waals surface area contributed by atoms with Crippen LogP contribution in [0.1, 0.15) is 25.6 Å². The number of amides is 1. The van der Waals surface area contributed by atoms with Gasteiger partial charge in [0.1, 0.15) is 6.17 Å². The summed E-state index contributed by atoms with van der Waals surface area (Å²) in [4.78, 5) is 24.6. The van der Waals surface area contributed by atoms with Gasteiger partial charge in [-0.3, -0.25) is 20.2 Å². The fraction of sp³-hybridized carbons (Fsp3) is 0.500. The van der Waals surface area contributed by atoms with Gasteiger partial charge in [0.15, 0.2) is 0 Å². The van der Waals surface area contributed by atoms with Gasteiger partial charge in [-0.15, -0.1) is 0 Å². The first-order valence-electron chi connectivity index (χ1n) is 6.77. The van der Waals surface area contributed by atoms with Gasteiger partial charge >= 0.3 is 0 Å². The zero-order chi connectivity index (χ0) is 15.6. The first kappa shape index (κ1) is 15.8.